The number of carbonyl (C=O) groups excluding carboxylic acids is 1. The first-order valence-electron chi connectivity index (χ1n) is 10.0. The standard InChI is InChI=1S/C23H17F4N5OS/c24-16-11-10-15(19(12-16)23(25,26)27)13-28-22(33)18-8-4-5-9-20(18)34-14-21-29-30-31-32(21)17-6-2-1-3-7-17/h1-12H,13-14H2,(H,28,33). The van der Waals surface area contributed by atoms with E-state index in [1.54, 1.807) is 28.9 Å². The largest absolute Gasteiger partial charge is 0.416 e. The third-order valence-electron chi connectivity index (χ3n) is 4.84. The van der Waals surface area contributed by atoms with Gasteiger partial charge in [0.05, 0.1) is 22.6 Å². The van der Waals surface area contributed by atoms with Gasteiger partial charge in [0.2, 0.25) is 0 Å². The second-order valence-electron chi connectivity index (χ2n) is 7.11. The number of para-hydroxylation sites is 1. The van der Waals surface area contributed by atoms with Crippen LogP contribution in [0.4, 0.5) is 17.6 Å². The fourth-order valence-electron chi connectivity index (χ4n) is 3.23. The lowest BCUT2D eigenvalue weighted by Crippen LogP contribution is -2.25. The quantitative estimate of drug-likeness (QED) is 0.292. The number of tetrazole rings is 1. The van der Waals surface area contributed by atoms with Crippen LogP contribution in [0.5, 0.6) is 0 Å². The number of halogens is 4. The molecule has 4 rings (SSSR count). The summed E-state index contributed by atoms with van der Waals surface area (Å²) in [7, 11) is 0. The summed E-state index contributed by atoms with van der Waals surface area (Å²) in [6.07, 6.45) is -4.74. The van der Waals surface area contributed by atoms with Crippen molar-refractivity contribution in [3.05, 3.63) is 101 Å². The van der Waals surface area contributed by atoms with Crippen LogP contribution in [0.25, 0.3) is 5.69 Å². The summed E-state index contributed by atoms with van der Waals surface area (Å²) in [5, 5.41) is 14.3. The van der Waals surface area contributed by atoms with Gasteiger partial charge >= 0.3 is 6.18 Å². The van der Waals surface area contributed by atoms with E-state index in [1.807, 2.05) is 30.3 Å². The van der Waals surface area contributed by atoms with Gasteiger partial charge in [0, 0.05) is 11.4 Å². The zero-order chi connectivity index (χ0) is 24.1. The minimum absolute atomic E-state index is 0.227. The average Bonchev–Trinajstić information content (AvgIpc) is 3.30. The summed E-state index contributed by atoms with van der Waals surface area (Å²) in [5.41, 5.74) is -0.270. The molecule has 0 fully saturated rings. The van der Waals surface area contributed by atoms with Crippen molar-refractivity contribution < 1.29 is 22.4 Å². The Balaban J connectivity index is 1.48. The molecule has 1 amide bonds. The molecule has 1 N–H and O–H groups in total. The van der Waals surface area contributed by atoms with Gasteiger partial charge in [0.25, 0.3) is 5.91 Å². The van der Waals surface area contributed by atoms with Gasteiger partial charge in [-0.15, -0.1) is 16.9 Å². The molecule has 11 heteroatoms. The van der Waals surface area contributed by atoms with Crippen LogP contribution in [0.15, 0.2) is 77.7 Å². The van der Waals surface area contributed by atoms with Crippen molar-refractivity contribution in [2.24, 2.45) is 0 Å². The lowest BCUT2D eigenvalue weighted by atomic mass is 10.1. The molecule has 0 bridgehead atoms. The Bertz CT molecular complexity index is 1290. The summed E-state index contributed by atoms with van der Waals surface area (Å²) in [6.45, 7) is -0.404. The van der Waals surface area contributed by atoms with E-state index in [1.165, 1.54) is 11.8 Å². The van der Waals surface area contributed by atoms with Gasteiger partial charge in [-0.1, -0.05) is 36.4 Å². The van der Waals surface area contributed by atoms with Gasteiger partial charge in [0.15, 0.2) is 5.82 Å². The molecule has 0 spiro atoms. The van der Waals surface area contributed by atoms with Crippen LogP contribution in [-0.4, -0.2) is 26.1 Å². The van der Waals surface area contributed by atoms with E-state index in [9.17, 15) is 22.4 Å². The molecule has 1 heterocycles. The number of rotatable bonds is 7. The molecule has 0 aliphatic heterocycles. The number of amides is 1. The highest BCUT2D eigenvalue weighted by Gasteiger charge is 2.33. The zero-order valence-corrected chi connectivity index (χ0v) is 18.3. The maximum atomic E-state index is 13.3. The Kier molecular flexibility index (Phi) is 6.92. The van der Waals surface area contributed by atoms with Crippen molar-refractivity contribution in [3.63, 3.8) is 0 Å². The van der Waals surface area contributed by atoms with Crippen molar-refractivity contribution in [2.45, 2.75) is 23.4 Å². The van der Waals surface area contributed by atoms with Crippen LogP contribution in [0.2, 0.25) is 0 Å². The first-order chi connectivity index (χ1) is 16.3. The van der Waals surface area contributed by atoms with Gasteiger partial charge in [0.1, 0.15) is 5.82 Å². The lowest BCUT2D eigenvalue weighted by molar-refractivity contribution is -0.138. The fraction of sp³-hybridized carbons (Fsp3) is 0.130. The number of benzene rings is 3. The molecule has 0 saturated heterocycles. The van der Waals surface area contributed by atoms with Crippen LogP contribution >= 0.6 is 11.8 Å². The molecule has 6 nitrogen and oxygen atoms in total. The number of nitrogens with one attached hydrogen (secondary N) is 1. The van der Waals surface area contributed by atoms with E-state index < -0.39 is 30.0 Å². The summed E-state index contributed by atoms with van der Waals surface area (Å²) in [4.78, 5) is 13.4. The van der Waals surface area contributed by atoms with Crippen LogP contribution in [0.1, 0.15) is 27.3 Å². The average molecular weight is 487 g/mol. The van der Waals surface area contributed by atoms with E-state index in [-0.39, 0.29) is 5.56 Å². The SMILES string of the molecule is O=C(NCc1ccc(F)cc1C(F)(F)F)c1ccccc1SCc1nnnn1-c1ccccc1. The minimum Gasteiger partial charge on any atom is -0.348 e. The summed E-state index contributed by atoms with van der Waals surface area (Å²) in [5.74, 6) is -0.639. The van der Waals surface area contributed by atoms with E-state index in [0.29, 0.717) is 28.1 Å². The molecule has 0 aliphatic carbocycles. The van der Waals surface area contributed by atoms with Crippen LogP contribution in [0, 0.1) is 5.82 Å². The Hall–Kier alpha value is -3.73. The number of carbonyl (C=O) groups is 1. The van der Waals surface area contributed by atoms with Crippen LogP contribution in [0.3, 0.4) is 0 Å². The van der Waals surface area contributed by atoms with Gasteiger partial charge < -0.3 is 5.32 Å². The minimum atomic E-state index is -4.74. The first kappa shape index (κ1) is 23.4. The van der Waals surface area contributed by atoms with Crippen LogP contribution < -0.4 is 5.32 Å². The van der Waals surface area contributed by atoms with Crippen molar-refractivity contribution in [3.8, 4) is 5.69 Å². The van der Waals surface area contributed by atoms with Gasteiger partial charge in [-0.05, 0) is 52.4 Å². The van der Waals surface area contributed by atoms with Crippen molar-refractivity contribution in [2.75, 3.05) is 0 Å². The van der Waals surface area contributed by atoms with E-state index in [0.717, 1.165) is 17.8 Å². The highest BCUT2D eigenvalue weighted by Crippen LogP contribution is 2.33. The number of nitrogens with zero attached hydrogens (tertiary/aromatic N) is 4. The summed E-state index contributed by atoms with van der Waals surface area (Å²) in [6, 6.07) is 18.4. The molecule has 4 aromatic rings. The molecule has 174 valence electrons. The Morgan fingerprint density at radius 1 is 1.00 bits per heavy atom. The monoisotopic (exact) mass is 487 g/mol. The molecule has 0 atom stereocenters. The molecule has 0 unspecified atom stereocenters. The maximum absolute atomic E-state index is 13.3. The number of hydrogen-bond donors (Lipinski definition) is 1. The van der Waals surface area contributed by atoms with Crippen molar-refractivity contribution in [1.82, 2.24) is 25.5 Å². The smallest absolute Gasteiger partial charge is 0.348 e. The Labute approximate surface area is 196 Å². The predicted molar refractivity (Wildman–Crippen MR) is 118 cm³/mol. The lowest BCUT2D eigenvalue weighted by Gasteiger charge is -2.14. The summed E-state index contributed by atoms with van der Waals surface area (Å²) < 4.78 is 54.6. The van der Waals surface area contributed by atoms with E-state index >= 15 is 0 Å². The number of hydrogen-bond acceptors (Lipinski definition) is 5. The molecule has 1 aromatic heterocycles. The van der Waals surface area contributed by atoms with Crippen molar-refractivity contribution >= 4 is 17.7 Å². The molecule has 34 heavy (non-hydrogen) atoms. The molecular weight excluding hydrogens is 470 g/mol. The van der Waals surface area contributed by atoms with E-state index in [2.05, 4.69) is 20.8 Å². The molecule has 0 saturated carbocycles. The number of alkyl halides is 3. The second kappa shape index (κ2) is 10.0. The van der Waals surface area contributed by atoms with Crippen molar-refractivity contribution in [1.29, 1.82) is 0 Å². The fourth-order valence-corrected chi connectivity index (χ4v) is 4.18. The molecular formula is C23H17F4N5OS. The molecule has 3 aromatic carbocycles. The highest BCUT2D eigenvalue weighted by atomic mass is 32.2. The maximum Gasteiger partial charge on any atom is 0.416 e. The topological polar surface area (TPSA) is 72.7 Å². The predicted octanol–water partition coefficient (Wildman–Crippen LogP) is 5.04. The normalized spacial score (nSPS) is 11.4. The second-order valence-corrected chi connectivity index (χ2v) is 8.13. The Morgan fingerprint density at radius 2 is 1.74 bits per heavy atom. The van der Waals surface area contributed by atoms with Crippen LogP contribution in [-0.2, 0) is 18.5 Å². The first-order valence-corrected chi connectivity index (χ1v) is 11.0. The van der Waals surface area contributed by atoms with E-state index in [4.69, 9.17) is 0 Å². The molecule has 0 radical (unpaired) electrons. The number of aromatic nitrogens is 4. The van der Waals surface area contributed by atoms with Gasteiger partial charge in [-0.25, -0.2) is 4.39 Å². The molecule has 0 aliphatic rings. The Morgan fingerprint density at radius 3 is 2.50 bits per heavy atom. The van der Waals surface area contributed by atoms with Gasteiger partial charge in [-0.2, -0.15) is 17.9 Å². The third-order valence-corrected chi connectivity index (χ3v) is 5.91. The number of thioether (sulfide) groups is 1. The zero-order valence-electron chi connectivity index (χ0n) is 17.5. The third kappa shape index (κ3) is 5.42. The van der Waals surface area contributed by atoms with Gasteiger partial charge in [-0.3, -0.25) is 4.79 Å². The highest BCUT2D eigenvalue weighted by molar-refractivity contribution is 7.98. The summed E-state index contributed by atoms with van der Waals surface area (Å²) >= 11 is 1.32.